The molecule has 108 valence electrons. The Bertz CT molecular complexity index is 803. The summed E-state index contributed by atoms with van der Waals surface area (Å²) in [6.45, 7) is 4.35. The molecular weight excluding hydrogens is 343 g/mol. The number of rotatable bonds is 1. The van der Waals surface area contributed by atoms with E-state index in [2.05, 4.69) is 68.4 Å². The Morgan fingerprint density at radius 3 is 2.32 bits per heavy atom. The van der Waals surface area contributed by atoms with Gasteiger partial charge in [-0.2, -0.15) is 6.07 Å². The van der Waals surface area contributed by atoms with Crippen molar-refractivity contribution in [2.75, 3.05) is 0 Å². The zero-order valence-electron chi connectivity index (χ0n) is 13.1. The van der Waals surface area contributed by atoms with Crippen LogP contribution < -0.4 is 0 Å². The average molecular weight is 363 g/mol. The van der Waals surface area contributed by atoms with Crippen molar-refractivity contribution in [2.45, 2.75) is 26.7 Å². The molecule has 0 saturated carbocycles. The molecule has 3 aromatic carbocycles. The van der Waals surface area contributed by atoms with Gasteiger partial charge in [-0.1, -0.05) is 64.7 Å². The fraction of sp³-hybridized carbons (Fsp3) is 0.190. The van der Waals surface area contributed by atoms with Gasteiger partial charge in [-0.05, 0) is 32.3 Å². The summed E-state index contributed by atoms with van der Waals surface area (Å²) in [5.41, 5.74) is 11.2. The second-order valence-corrected chi connectivity index (χ2v) is 6.22. The van der Waals surface area contributed by atoms with Crippen LogP contribution in [0.3, 0.4) is 0 Å². The van der Waals surface area contributed by atoms with Gasteiger partial charge in [-0.25, -0.2) is 0 Å². The summed E-state index contributed by atoms with van der Waals surface area (Å²) in [4.78, 5) is 0. The molecule has 0 bridgehead atoms. The minimum atomic E-state index is 0. The van der Waals surface area contributed by atoms with E-state index in [1.165, 1.54) is 50.9 Å². The van der Waals surface area contributed by atoms with E-state index in [0.717, 1.165) is 6.42 Å². The summed E-state index contributed by atoms with van der Waals surface area (Å²) in [5.74, 6) is 0. The van der Waals surface area contributed by atoms with Crippen LogP contribution in [-0.2, 0) is 39.0 Å². The SMILES string of the molecule is Cc1cc(C)cc(-c2cc3c([cH-]2)CCc2ccccc2-3)c1.[Zr]. The number of hydrogen-bond acceptors (Lipinski definition) is 0. The molecule has 0 unspecified atom stereocenters. The molecule has 3 aromatic rings. The van der Waals surface area contributed by atoms with Gasteiger partial charge in [0.25, 0.3) is 0 Å². The van der Waals surface area contributed by atoms with Gasteiger partial charge < -0.3 is 0 Å². The van der Waals surface area contributed by atoms with Gasteiger partial charge in [0.15, 0.2) is 0 Å². The van der Waals surface area contributed by atoms with E-state index in [-0.39, 0.29) is 26.2 Å². The molecule has 1 heteroatoms. The standard InChI is InChI=1S/C21H19.Zr/c1-14-9-15(2)11-18(10-14)19-12-17-8-7-16-5-3-4-6-20(16)21(17)13-19;/h3-6,9-13H,7-8H2,1-2H3;/q-1;. The molecular formula is C21H19Zr-. The smallest absolute Gasteiger partial charge is 0 e. The zero-order chi connectivity index (χ0) is 14.4. The van der Waals surface area contributed by atoms with Crippen LogP contribution in [0.2, 0.25) is 0 Å². The van der Waals surface area contributed by atoms with Crippen molar-refractivity contribution >= 4 is 0 Å². The fourth-order valence-electron chi connectivity index (χ4n) is 3.59. The predicted molar refractivity (Wildman–Crippen MR) is 89.8 cm³/mol. The second kappa shape index (κ2) is 6.05. The molecule has 0 amide bonds. The topological polar surface area (TPSA) is 0 Å². The van der Waals surface area contributed by atoms with Gasteiger partial charge in [0.1, 0.15) is 0 Å². The van der Waals surface area contributed by atoms with E-state index >= 15 is 0 Å². The zero-order valence-corrected chi connectivity index (χ0v) is 15.6. The Morgan fingerprint density at radius 1 is 0.818 bits per heavy atom. The van der Waals surface area contributed by atoms with Gasteiger partial charge in [-0.3, -0.25) is 0 Å². The molecule has 0 N–H and O–H groups in total. The Labute approximate surface area is 151 Å². The molecule has 0 spiro atoms. The minimum absolute atomic E-state index is 0. The number of aryl methyl sites for hydroxylation is 4. The van der Waals surface area contributed by atoms with E-state index in [1.54, 1.807) is 0 Å². The van der Waals surface area contributed by atoms with Crippen LogP contribution in [0.15, 0.2) is 54.6 Å². The van der Waals surface area contributed by atoms with Crippen LogP contribution in [0, 0.1) is 13.8 Å². The largest absolute Gasteiger partial charge is 0.168 e. The molecule has 4 rings (SSSR count). The molecule has 0 atom stereocenters. The van der Waals surface area contributed by atoms with Gasteiger partial charge in [0.2, 0.25) is 0 Å². The summed E-state index contributed by atoms with van der Waals surface area (Å²) >= 11 is 0. The summed E-state index contributed by atoms with van der Waals surface area (Å²) in [7, 11) is 0. The Kier molecular flexibility index (Phi) is 4.28. The maximum atomic E-state index is 2.39. The van der Waals surface area contributed by atoms with E-state index in [0.29, 0.717) is 0 Å². The first-order valence-corrected chi connectivity index (χ1v) is 7.67. The molecule has 0 fully saturated rings. The van der Waals surface area contributed by atoms with Crippen LogP contribution >= 0.6 is 0 Å². The summed E-state index contributed by atoms with van der Waals surface area (Å²) < 4.78 is 0. The predicted octanol–water partition coefficient (Wildman–Crippen LogP) is 5.45. The van der Waals surface area contributed by atoms with Gasteiger partial charge in [0, 0.05) is 26.2 Å². The minimum Gasteiger partial charge on any atom is -0.168 e. The van der Waals surface area contributed by atoms with Crippen LogP contribution in [0.4, 0.5) is 0 Å². The first-order valence-electron chi connectivity index (χ1n) is 7.67. The summed E-state index contributed by atoms with van der Waals surface area (Å²) in [6.07, 6.45) is 2.33. The third-order valence-corrected chi connectivity index (χ3v) is 4.50. The van der Waals surface area contributed by atoms with Crippen molar-refractivity contribution in [3.63, 3.8) is 0 Å². The molecule has 0 aliphatic heterocycles. The molecule has 22 heavy (non-hydrogen) atoms. The third kappa shape index (κ3) is 2.68. The third-order valence-electron chi connectivity index (χ3n) is 4.50. The molecule has 0 saturated heterocycles. The molecule has 0 heterocycles. The number of benzene rings is 2. The van der Waals surface area contributed by atoms with Gasteiger partial charge in [0.05, 0.1) is 0 Å². The Morgan fingerprint density at radius 2 is 1.55 bits per heavy atom. The van der Waals surface area contributed by atoms with E-state index in [1.807, 2.05) is 0 Å². The van der Waals surface area contributed by atoms with Crippen molar-refractivity contribution in [3.8, 4) is 22.3 Å². The number of hydrogen-bond donors (Lipinski definition) is 0. The van der Waals surface area contributed by atoms with Crippen molar-refractivity contribution < 1.29 is 26.2 Å². The maximum absolute atomic E-state index is 2.39. The number of fused-ring (bicyclic) bond motifs is 3. The van der Waals surface area contributed by atoms with E-state index in [4.69, 9.17) is 0 Å². The average Bonchev–Trinajstić information content (AvgIpc) is 2.91. The van der Waals surface area contributed by atoms with E-state index in [9.17, 15) is 0 Å². The van der Waals surface area contributed by atoms with Crippen molar-refractivity contribution in [1.82, 2.24) is 0 Å². The summed E-state index contributed by atoms with van der Waals surface area (Å²) in [6, 6.07) is 20.4. The summed E-state index contributed by atoms with van der Waals surface area (Å²) in [5, 5.41) is 0. The van der Waals surface area contributed by atoms with Crippen LogP contribution in [0.5, 0.6) is 0 Å². The normalized spacial score (nSPS) is 12.3. The maximum Gasteiger partial charge on any atom is 0 e. The molecule has 0 radical (unpaired) electrons. The van der Waals surface area contributed by atoms with Crippen LogP contribution in [-0.4, -0.2) is 0 Å². The van der Waals surface area contributed by atoms with Gasteiger partial charge >= 0.3 is 0 Å². The molecule has 0 nitrogen and oxygen atoms in total. The Hall–Kier alpha value is -1.33. The van der Waals surface area contributed by atoms with Crippen LogP contribution in [0.1, 0.15) is 22.3 Å². The van der Waals surface area contributed by atoms with E-state index < -0.39 is 0 Å². The molecule has 1 aliphatic carbocycles. The van der Waals surface area contributed by atoms with Crippen molar-refractivity contribution in [2.24, 2.45) is 0 Å². The molecule has 0 aromatic heterocycles. The van der Waals surface area contributed by atoms with Gasteiger partial charge in [-0.15, -0.1) is 22.8 Å². The Balaban J connectivity index is 0.00000144. The molecule has 1 aliphatic rings. The van der Waals surface area contributed by atoms with Crippen molar-refractivity contribution in [3.05, 3.63) is 76.9 Å². The second-order valence-electron chi connectivity index (χ2n) is 6.22. The fourth-order valence-corrected chi connectivity index (χ4v) is 3.59. The monoisotopic (exact) mass is 361 g/mol. The first-order chi connectivity index (χ1) is 10.2. The van der Waals surface area contributed by atoms with Crippen LogP contribution in [0.25, 0.3) is 22.3 Å². The van der Waals surface area contributed by atoms with Crippen molar-refractivity contribution in [1.29, 1.82) is 0 Å². The first kappa shape index (κ1) is 15.6. The quantitative estimate of drug-likeness (QED) is 0.505.